The number of cyclic esters (lactones) is 1. The maximum Gasteiger partial charge on any atom is 0.411 e. The molecule has 0 bridgehead atoms. The Morgan fingerprint density at radius 2 is 1.73 bits per heavy atom. The Balaban J connectivity index is 1.18. The van der Waals surface area contributed by atoms with E-state index in [1.165, 1.54) is 25.5 Å². The second-order valence-electron chi connectivity index (χ2n) is 9.59. The minimum Gasteiger partial charge on any atom is -0.468 e. The molecule has 0 aromatic heterocycles. The van der Waals surface area contributed by atoms with Gasteiger partial charge in [-0.15, -0.1) is 0 Å². The summed E-state index contributed by atoms with van der Waals surface area (Å²) < 4.78 is 10.5. The lowest BCUT2D eigenvalue weighted by Gasteiger charge is -2.38. The number of nitrogens with zero attached hydrogens (tertiary/aromatic N) is 4. The lowest BCUT2D eigenvalue weighted by molar-refractivity contribution is -0.142. The number of piperidine rings is 1. The lowest BCUT2D eigenvalue weighted by Crippen LogP contribution is -2.54. The molecule has 4 rings (SSSR count). The summed E-state index contributed by atoms with van der Waals surface area (Å²) in [6.07, 6.45) is 3.03. The minimum atomic E-state index is -0.207. The molecule has 3 aliphatic heterocycles. The Labute approximate surface area is 197 Å². The van der Waals surface area contributed by atoms with Crippen LogP contribution in [-0.2, 0) is 20.8 Å². The molecule has 1 amide bonds. The molecule has 0 spiro atoms. The smallest absolute Gasteiger partial charge is 0.411 e. The normalized spacial score (nSPS) is 25.9. The van der Waals surface area contributed by atoms with Gasteiger partial charge in [0.2, 0.25) is 0 Å². The Kier molecular flexibility index (Phi) is 8.22. The van der Waals surface area contributed by atoms with Crippen molar-refractivity contribution in [3.8, 4) is 0 Å². The topological polar surface area (TPSA) is 65.6 Å². The van der Waals surface area contributed by atoms with Gasteiger partial charge < -0.3 is 14.4 Å². The van der Waals surface area contributed by atoms with Crippen molar-refractivity contribution < 1.29 is 19.1 Å². The van der Waals surface area contributed by atoms with Crippen LogP contribution in [0.4, 0.5) is 4.79 Å². The fraction of sp³-hybridized carbons (Fsp3) is 0.680. The molecule has 8 nitrogen and oxygen atoms in total. The number of hydrogen-bond acceptors (Lipinski definition) is 7. The van der Waals surface area contributed by atoms with Crippen molar-refractivity contribution in [3.05, 3.63) is 35.9 Å². The van der Waals surface area contributed by atoms with E-state index in [2.05, 4.69) is 52.0 Å². The molecule has 182 valence electrons. The fourth-order valence-electron chi connectivity index (χ4n) is 5.28. The molecule has 3 saturated heterocycles. The highest BCUT2D eigenvalue weighted by Crippen LogP contribution is 2.27. The van der Waals surface area contributed by atoms with E-state index in [0.29, 0.717) is 12.5 Å². The van der Waals surface area contributed by atoms with Gasteiger partial charge in [-0.2, -0.15) is 0 Å². The van der Waals surface area contributed by atoms with Crippen molar-refractivity contribution in [2.45, 2.75) is 45.0 Å². The van der Waals surface area contributed by atoms with E-state index in [1.54, 1.807) is 0 Å². The van der Waals surface area contributed by atoms with Gasteiger partial charge in [0.25, 0.3) is 0 Å². The molecule has 3 heterocycles. The lowest BCUT2D eigenvalue weighted by atomic mass is 9.93. The van der Waals surface area contributed by atoms with Crippen molar-refractivity contribution in [2.24, 2.45) is 5.92 Å². The van der Waals surface area contributed by atoms with E-state index >= 15 is 0 Å². The minimum absolute atomic E-state index is 0.0443. The van der Waals surface area contributed by atoms with Gasteiger partial charge in [0, 0.05) is 39.3 Å². The zero-order valence-corrected chi connectivity index (χ0v) is 20.0. The quantitative estimate of drug-likeness (QED) is 0.554. The van der Waals surface area contributed by atoms with Crippen molar-refractivity contribution >= 4 is 12.1 Å². The fourth-order valence-corrected chi connectivity index (χ4v) is 5.28. The average molecular weight is 459 g/mol. The van der Waals surface area contributed by atoms with Gasteiger partial charge in [-0.25, -0.2) is 4.79 Å². The second kappa shape index (κ2) is 11.3. The number of piperazine rings is 1. The molecule has 1 aromatic rings. The molecule has 3 aliphatic rings. The molecule has 1 aromatic carbocycles. The third-order valence-electron chi connectivity index (χ3n) is 7.44. The highest BCUT2D eigenvalue weighted by Gasteiger charge is 2.42. The van der Waals surface area contributed by atoms with Gasteiger partial charge in [-0.05, 0) is 50.8 Å². The average Bonchev–Trinajstić information content (AvgIpc) is 3.13. The number of carbonyl (C=O) groups excluding carboxylic acids is 2. The van der Waals surface area contributed by atoms with E-state index in [0.717, 1.165) is 58.8 Å². The van der Waals surface area contributed by atoms with Crippen LogP contribution in [0, 0.1) is 5.92 Å². The predicted molar refractivity (Wildman–Crippen MR) is 126 cm³/mol. The van der Waals surface area contributed by atoms with E-state index in [1.807, 2.05) is 4.90 Å². The number of methoxy groups -OCH3 is 1. The summed E-state index contributed by atoms with van der Waals surface area (Å²) in [6.45, 7) is 9.57. The van der Waals surface area contributed by atoms with Crippen molar-refractivity contribution in [1.29, 1.82) is 0 Å². The Hall–Kier alpha value is -2.16. The van der Waals surface area contributed by atoms with Crippen LogP contribution in [0.3, 0.4) is 0 Å². The molecule has 0 saturated carbocycles. The van der Waals surface area contributed by atoms with Crippen LogP contribution < -0.4 is 0 Å². The summed E-state index contributed by atoms with van der Waals surface area (Å²) in [4.78, 5) is 32.9. The summed E-state index contributed by atoms with van der Waals surface area (Å²) >= 11 is 0. The van der Waals surface area contributed by atoms with Gasteiger partial charge >= 0.3 is 12.1 Å². The molecule has 3 fully saturated rings. The van der Waals surface area contributed by atoms with Crippen LogP contribution in [0.15, 0.2) is 30.3 Å². The van der Waals surface area contributed by atoms with Crippen LogP contribution in [0.25, 0.3) is 0 Å². The molecule has 2 unspecified atom stereocenters. The Bertz CT molecular complexity index is 776. The molecular weight excluding hydrogens is 420 g/mol. The first-order valence-corrected chi connectivity index (χ1v) is 12.3. The highest BCUT2D eigenvalue weighted by molar-refractivity contribution is 5.71. The molecule has 0 N–H and O–H groups in total. The zero-order chi connectivity index (χ0) is 23.2. The number of rotatable bonds is 8. The maximum atomic E-state index is 12.6. The number of amides is 1. The van der Waals surface area contributed by atoms with Crippen molar-refractivity contribution in [2.75, 3.05) is 59.5 Å². The SMILES string of the molecule is COC(=O)CN1CCN(C2OC(=O)N(CCC3CCN(Cc4ccccc4)CC3)C2C)CC1. The summed E-state index contributed by atoms with van der Waals surface area (Å²) in [6, 6.07) is 10.7. The third-order valence-corrected chi connectivity index (χ3v) is 7.44. The van der Waals surface area contributed by atoms with Crippen LogP contribution in [0.1, 0.15) is 31.7 Å². The van der Waals surface area contributed by atoms with Crippen LogP contribution >= 0.6 is 0 Å². The maximum absolute atomic E-state index is 12.6. The van der Waals surface area contributed by atoms with Crippen molar-refractivity contribution in [3.63, 3.8) is 0 Å². The number of esters is 1. The van der Waals surface area contributed by atoms with Crippen LogP contribution in [0.5, 0.6) is 0 Å². The summed E-state index contributed by atoms with van der Waals surface area (Å²) in [5, 5.41) is 0. The zero-order valence-electron chi connectivity index (χ0n) is 20.0. The first-order valence-electron chi connectivity index (χ1n) is 12.3. The monoisotopic (exact) mass is 458 g/mol. The van der Waals surface area contributed by atoms with Gasteiger partial charge in [-0.3, -0.25) is 19.5 Å². The first kappa shape index (κ1) is 24.0. The standard InChI is InChI=1S/C25H38N4O4/c1-20-24(28-16-14-27(15-17-28)19-23(30)32-2)33-25(31)29(20)13-10-21-8-11-26(12-9-21)18-22-6-4-3-5-7-22/h3-7,20-21,24H,8-19H2,1-2H3. The van der Waals surface area contributed by atoms with E-state index < -0.39 is 0 Å². The van der Waals surface area contributed by atoms with Crippen LogP contribution in [-0.4, -0.2) is 103 Å². The van der Waals surface area contributed by atoms with Gasteiger partial charge in [-0.1, -0.05) is 30.3 Å². The molecular formula is C25H38N4O4. The summed E-state index contributed by atoms with van der Waals surface area (Å²) in [5.74, 6) is 0.458. The first-order chi connectivity index (χ1) is 16.0. The van der Waals surface area contributed by atoms with Crippen LogP contribution in [0.2, 0.25) is 0 Å². The Morgan fingerprint density at radius 1 is 1.03 bits per heavy atom. The third kappa shape index (κ3) is 6.25. The number of benzene rings is 1. The number of hydrogen-bond donors (Lipinski definition) is 0. The second-order valence-corrected chi connectivity index (χ2v) is 9.59. The van der Waals surface area contributed by atoms with E-state index in [9.17, 15) is 9.59 Å². The molecule has 33 heavy (non-hydrogen) atoms. The highest BCUT2D eigenvalue weighted by atomic mass is 16.6. The largest absolute Gasteiger partial charge is 0.468 e. The molecule has 8 heteroatoms. The number of ether oxygens (including phenoxy) is 2. The summed E-state index contributed by atoms with van der Waals surface area (Å²) in [7, 11) is 1.42. The Morgan fingerprint density at radius 3 is 2.39 bits per heavy atom. The number of carbonyl (C=O) groups is 2. The molecule has 2 atom stereocenters. The van der Waals surface area contributed by atoms with Gasteiger partial charge in [0.05, 0.1) is 19.7 Å². The van der Waals surface area contributed by atoms with Crippen molar-refractivity contribution in [1.82, 2.24) is 19.6 Å². The van der Waals surface area contributed by atoms with Gasteiger partial charge in [0.1, 0.15) is 0 Å². The summed E-state index contributed by atoms with van der Waals surface area (Å²) in [5.41, 5.74) is 1.38. The number of likely N-dealkylation sites (tertiary alicyclic amines) is 1. The predicted octanol–water partition coefficient (Wildman–Crippen LogP) is 2.25. The van der Waals surface area contributed by atoms with E-state index in [-0.39, 0.29) is 24.3 Å². The molecule has 0 aliphatic carbocycles. The van der Waals surface area contributed by atoms with E-state index in [4.69, 9.17) is 9.47 Å². The molecule has 0 radical (unpaired) electrons. The van der Waals surface area contributed by atoms with Gasteiger partial charge in [0.15, 0.2) is 6.23 Å².